The average molecular weight is 230 g/mol. The number of nitrogens with zero attached hydrogens (tertiary/aromatic N) is 3. The van der Waals surface area contributed by atoms with E-state index >= 15 is 0 Å². The molecule has 0 unspecified atom stereocenters. The van der Waals surface area contributed by atoms with Gasteiger partial charge in [0.25, 0.3) is 5.91 Å². The van der Waals surface area contributed by atoms with Crippen molar-refractivity contribution in [3.8, 4) is 0 Å². The smallest absolute Gasteiger partial charge is 0.266 e. The third kappa shape index (κ3) is 2.50. The van der Waals surface area contributed by atoms with Crippen molar-refractivity contribution in [2.24, 2.45) is 0 Å². The van der Waals surface area contributed by atoms with Gasteiger partial charge in [-0.25, -0.2) is 4.68 Å². The molecule has 17 heavy (non-hydrogen) atoms. The van der Waals surface area contributed by atoms with Crippen molar-refractivity contribution in [2.45, 2.75) is 20.4 Å². The summed E-state index contributed by atoms with van der Waals surface area (Å²) in [5.41, 5.74) is 1.67. The van der Waals surface area contributed by atoms with Gasteiger partial charge in [-0.2, -0.15) is 5.10 Å². The summed E-state index contributed by atoms with van der Waals surface area (Å²) in [6.07, 6.45) is 3.43. The Morgan fingerprint density at radius 2 is 2.00 bits per heavy atom. The fourth-order valence-corrected chi connectivity index (χ4v) is 1.67. The standard InChI is InChI=1S/C12H14N4O/c1-9-7-10(2)16(14-9)12(17)8-15-5-3-11(13)4-6-15/h3-7,13H,8H2,1-2H3. The molecule has 2 aromatic heterocycles. The topological polar surface area (TPSA) is 63.7 Å². The zero-order chi connectivity index (χ0) is 12.4. The molecule has 0 aliphatic rings. The second-order valence-electron chi connectivity index (χ2n) is 3.99. The first-order valence-corrected chi connectivity index (χ1v) is 5.33. The van der Waals surface area contributed by atoms with Crippen LogP contribution in [-0.2, 0) is 6.54 Å². The molecule has 0 radical (unpaired) electrons. The van der Waals surface area contributed by atoms with E-state index in [-0.39, 0.29) is 12.5 Å². The lowest BCUT2D eigenvalue weighted by Gasteiger charge is -2.06. The van der Waals surface area contributed by atoms with Gasteiger partial charge in [-0.15, -0.1) is 0 Å². The van der Waals surface area contributed by atoms with Gasteiger partial charge in [0.1, 0.15) is 6.54 Å². The van der Waals surface area contributed by atoms with Crippen LogP contribution in [0.1, 0.15) is 16.2 Å². The summed E-state index contributed by atoms with van der Waals surface area (Å²) in [6, 6.07) is 5.17. The van der Waals surface area contributed by atoms with E-state index < -0.39 is 0 Å². The Labute approximate surface area is 98.8 Å². The number of pyridine rings is 1. The fraction of sp³-hybridized carbons (Fsp3) is 0.250. The zero-order valence-electron chi connectivity index (χ0n) is 9.84. The lowest BCUT2D eigenvalue weighted by Crippen LogP contribution is -2.20. The number of carbonyl (C=O) groups excluding carboxylic acids is 1. The van der Waals surface area contributed by atoms with E-state index in [9.17, 15) is 4.79 Å². The van der Waals surface area contributed by atoms with Crippen LogP contribution in [0.3, 0.4) is 0 Å². The molecule has 0 aliphatic heterocycles. The summed E-state index contributed by atoms with van der Waals surface area (Å²) >= 11 is 0. The number of rotatable bonds is 2. The molecule has 5 nitrogen and oxygen atoms in total. The maximum absolute atomic E-state index is 12.0. The molecule has 0 saturated carbocycles. The van der Waals surface area contributed by atoms with Crippen molar-refractivity contribution in [3.63, 3.8) is 0 Å². The fourth-order valence-electron chi connectivity index (χ4n) is 1.67. The van der Waals surface area contributed by atoms with Crippen molar-refractivity contribution in [1.29, 1.82) is 5.41 Å². The van der Waals surface area contributed by atoms with Gasteiger partial charge in [0.05, 0.1) is 11.1 Å². The highest BCUT2D eigenvalue weighted by Gasteiger charge is 2.09. The van der Waals surface area contributed by atoms with E-state index in [1.807, 2.05) is 19.9 Å². The first-order chi connectivity index (χ1) is 8.06. The van der Waals surface area contributed by atoms with Crippen LogP contribution in [0, 0.1) is 19.3 Å². The van der Waals surface area contributed by atoms with Crippen LogP contribution >= 0.6 is 0 Å². The molecule has 0 amide bonds. The third-order valence-corrected chi connectivity index (χ3v) is 2.45. The lowest BCUT2D eigenvalue weighted by molar-refractivity contribution is 0.0872. The van der Waals surface area contributed by atoms with Crippen molar-refractivity contribution in [1.82, 2.24) is 14.3 Å². The van der Waals surface area contributed by atoms with Crippen molar-refractivity contribution >= 4 is 5.91 Å². The number of hydrogen-bond acceptors (Lipinski definition) is 3. The van der Waals surface area contributed by atoms with E-state index in [1.54, 1.807) is 29.1 Å². The van der Waals surface area contributed by atoms with E-state index in [1.165, 1.54) is 4.68 Å². The van der Waals surface area contributed by atoms with Crippen LogP contribution in [0.5, 0.6) is 0 Å². The molecule has 5 heteroatoms. The highest BCUT2D eigenvalue weighted by molar-refractivity contribution is 5.78. The zero-order valence-corrected chi connectivity index (χ0v) is 9.84. The lowest BCUT2D eigenvalue weighted by atomic mass is 10.4. The molecule has 0 aromatic carbocycles. The number of hydrogen-bond donors (Lipinski definition) is 1. The highest BCUT2D eigenvalue weighted by atomic mass is 16.2. The van der Waals surface area contributed by atoms with E-state index in [2.05, 4.69) is 5.10 Å². The van der Waals surface area contributed by atoms with Gasteiger partial charge in [0.15, 0.2) is 0 Å². The monoisotopic (exact) mass is 230 g/mol. The average Bonchev–Trinajstić information content (AvgIpc) is 2.61. The van der Waals surface area contributed by atoms with Crippen LogP contribution in [0.2, 0.25) is 0 Å². The predicted octanol–water partition coefficient (Wildman–Crippen LogP) is 1.12. The number of nitrogens with one attached hydrogen (secondary N) is 1. The normalized spacial score (nSPS) is 10.5. The molecule has 0 aliphatic carbocycles. The third-order valence-electron chi connectivity index (χ3n) is 2.45. The molecule has 0 bridgehead atoms. The predicted molar refractivity (Wildman–Crippen MR) is 62.6 cm³/mol. The quantitative estimate of drug-likeness (QED) is 0.840. The molecular weight excluding hydrogens is 216 g/mol. The maximum atomic E-state index is 12.0. The van der Waals surface area contributed by atoms with Crippen LogP contribution in [0.25, 0.3) is 0 Å². The molecule has 2 heterocycles. The van der Waals surface area contributed by atoms with Crippen molar-refractivity contribution < 1.29 is 4.79 Å². The Morgan fingerprint density at radius 3 is 2.53 bits per heavy atom. The minimum absolute atomic E-state index is 0.0849. The Balaban J connectivity index is 2.19. The Bertz CT molecular complexity index is 589. The summed E-state index contributed by atoms with van der Waals surface area (Å²) in [5.74, 6) is -0.0849. The first kappa shape index (κ1) is 11.3. The van der Waals surface area contributed by atoms with Crippen LogP contribution in [-0.4, -0.2) is 20.3 Å². The summed E-state index contributed by atoms with van der Waals surface area (Å²) in [4.78, 5) is 12.0. The molecule has 1 N–H and O–H groups in total. The van der Waals surface area contributed by atoms with Crippen LogP contribution in [0.4, 0.5) is 0 Å². The van der Waals surface area contributed by atoms with Gasteiger partial charge in [-0.05, 0) is 32.0 Å². The minimum Gasteiger partial charge on any atom is -0.345 e. The van der Waals surface area contributed by atoms with Crippen molar-refractivity contribution in [3.05, 3.63) is 47.3 Å². The number of carbonyl (C=O) groups is 1. The second kappa shape index (κ2) is 4.37. The molecular formula is C12H14N4O. The van der Waals surface area contributed by atoms with Gasteiger partial charge in [0.2, 0.25) is 0 Å². The van der Waals surface area contributed by atoms with Crippen LogP contribution < -0.4 is 5.36 Å². The van der Waals surface area contributed by atoms with Crippen molar-refractivity contribution in [2.75, 3.05) is 0 Å². The highest BCUT2D eigenvalue weighted by Crippen LogP contribution is 2.02. The number of aromatic nitrogens is 3. The minimum atomic E-state index is -0.0849. The molecule has 2 rings (SSSR count). The molecule has 0 fully saturated rings. The SMILES string of the molecule is Cc1cc(C)n(C(=O)Cn2ccc(=N)cc2)n1. The Morgan fingerprint density at radius 1 is 1.35 bits per heavy atom. The largest absolute Gasteiger partial charge is 0.345 e. The van der Waals surface area contributed by atoms with Gasteiger partial charge in [-0.3, -0.25) is 4.79 Å². The van der Waals surface area contributed by atoms with E-state index in [0.717, 1.165) is 11.4 Å². The Kier molecular flexibility index (Phi) is 2.91. The summed E-state index contributed by atoms with van der Waals surface area (Å²) < 4.78 is 3.15. The summed E-state index contributed by atoms with van der Waals surface area (Å²) in [7, 11) is 0. The van der Waals surface area contributed by atoms with E-state index in [0.29, 0.717) is 5.36 Å². The molecule has 0 spiro atoms. The number of aryl methyl sites for hydroxylation is 2. The summed E-state index contributed by atoms with van der Waals surface area (Å²) in [6.45, 7) is 3.94. The first-order valence-electron chi connectivity index (χ1n) is 5.33. The van der Waals surface area contributed by atoms with Crippen LogP contribution in [0.15, 0.2) is 30.6 Å². The Hall–Kier alpha value is -2.17. The molecule has 2 aromatic rings. The maximum Gasteiger partial charge on any atom is 0.266 e. The van der Waals surface area contributed by atoms with Gasteiger partial charge in [0, 0.05) is 18.1 Å². The van der Waals surface area contributed by atoms with Gasteiger partial charge < -0.3 is 9.98 Å². The second-order valence-corrected chi connectivity index (χ2v) is 3.99. The molecule has 0 atom stereocenters. The molecule has 0 saturated heterocycles. The summed E-state index contributed by atoms with van der Waals surface area (Å²) in [5, 5.41) is 11.9. The van der Waals surface area contributed by atoms with Gasteiger partial charge in [-0.1, -0.05) is 0 Å². The molecule has 88 valence electrons. The van der Waals surface area contributed by atoms with E-state index in [4.69, 9.17) is 5.41 Å². The van der Waals surface area contributed by atoms with Gasteiger partial charge >= 0.3 is 0 Å².